The Morgan fingerprint density at radius 3 is 2.16 bits per heavy atom. The van der Waals surface area contributed by atoms with Crippen LogP contribution in [0.15, 0.2) is 30.3 Å². The van der Waals surface area contributed by atoms with Crippen LogP contribution in [0.5, 0.6) is 0 Å². The van der Waals surface area contributed by atoms with Gasteiger partial charge < -0.3 is 9.53 Å². The summed E-state index contributed by atoms with van der Waals surface area (Å²) in [5.74, 6) is 2.39. The fourth-order valence-corrected chi connectivity index (χ4v) is 2.79. The van der Waals surface area contributed by atoms with Gasteiger partial charge in [-0.3, -0.25) is 0 Å². The lowest BCUT2D eigenvalue weighted by Gasteiger charge is -2.40. The molecule has 0 unspecified atom stereocenters. The van der Waals surface area contributed by atoms with Crippen molar-refractivity contribution in [3.8, 4) is 12.3 Å². The summed E-state index contributed by atoms with van der Waals surface area (Å²) >= 11 is 0. The molecule has 2 nitrogen and oxygen atoms in total. The molecule has 0 amide bonds. The Bertz CT molecular complexity index is 440. The molecule has 0 radical (unpaired) electrons. The van der Waals surface area contributed by atoms with Crippen molar-refractivity contribution >= 4 is 8.32 Å². The Labute approximate surface area is 117 Å². The highest BCUT2D eigenvalue weighted by molar-refractivity contribution is 6.74. The molecule has 0 spiro atoms. The zero-order valence-electron chi connectivity index (χ0n) is 12.5. The third-order valence-electron chi connectivity index (χ3n) is 3.81. The monoisotopic (exact) mass is 276 g/mol. The van der Waals surface area contributed by atoms with Crippen molar-refractivity contribution in [2.75, 3.05) is 0 Å². The summed E-state index contributed by atoms with van der Waals surface area (Å²) in [6.45, 7) is 10.8. The van der Waals surface area contributed by atoms with Gasteiger partial charge in [-0.1, -0.05) is 57.0 Å². The normalized spacial score (nSPS) is 15.6. The van der Waals surface area contributed by atoms with E-state index in [2.05, 4.69) is 39.8 Å². The molecule has 0 saturated carbocycles. The van der Waals surface area contributed by atoms with Gasteiger partial charge in [0, 0.05) is 0 Å². The highest BCUT2D eigenvalue weighted by atomic mass is 28.4. The van der Waals surface area contributed by atoms with E-state index in [4.69, 9.17) is 10.8 Å². The van der Waals surface area contributed by atoms with E-state index in [1.165, 1.54) is 0 Å². The van der Waals surface area contributed by atoms with Crippen LogP contribution in [-0.2, 0) is 4.43 Å². The second kappa shape index (κ2) is 5.92. The number of aliphatic hydroxyl groups is 1. The minimum Gasteiger partial charge on any atom is -0.406 e. The summed E-state index contributed by atoms with van der Waals surface area (Å²) in [5, 5.41) is 10.1. The topological polar surface area (TPSA) is 29.5 Å². The van der Waals surface area contributed by atoms with Crippen molar-refractivity contribution in [3.05, 3.63) is 35.9 Å². The largest absolute Gasteiger partial charge is 0.406 e. The van der Waals surface area contributed by atoms with E-state index >= 15 is 0 Å². The minimum atomic E-state index is -1.99. The predicted octanol–water partition coefficient (Wildman–Crippen LogP) is 3.74. The molecule has 0 heterocycles. The van der Waals surface area contributed by atoms with Gasteiger partial charge >= 0.3 is 0 Å². The third-order valence-corrected chi connectivity index (χ3v) is 8.27. The van der Waals surface area contributed by atoms with Crippen LogP contribution < -0.4 is 0 Å². The molecule has 1 aromatic carbocycles. The van der Waals surface area contributed by atoms with Crippen molar-refractivity contribution in [2.24, 2.45) is 0 Å². The molecule has 0 fully saturated rings. The van der Waals surface area contributed by atoms with E-state index in [9.17, 15) is 5.11 Å². The van der Waals surface area contributed by atoms with Crippen LogP contribution in [0.2, 0.25) is 18.1 Å². The molecule has 1 rings (SSSR count). The second-order valence-corrected chi connectivity index (χ2v) is 11.1. The number of aliphatic hydroxyl groups excluding tert-OH is 1. The molecule has 1 N–H and O–H groups in total. The Morgan fingerprint density at radius 1 is 1.21 bits per heavy atom. The first-order valence-corrected chi connectivity index (χ1v) is 9.47. The zero-order chi connectivity index (χ0) is 14.7. The summed E-state index contributed by atoms with van der Waals surface area (Å²) in [4.78, 5) is 0. The number of hydrogen-bond donors (Lipinski definition) is 1. The summed E-state index contributed by atoms with van der Waals surface area (Å²) in [7, 11) is -1.99. The van der Waals surface area contributed by atoms with E-state index in [0.717, 1.165) is 5.56 Å². The maximum atomic E-state index is 10.1. The lowest BCUT2D eigenvalue weighted by molar-refractivity contribution is 0.0622. The summed E-state index contributed by atoms with van der Waals surface area (Å²) < 4.78 is 6.29. The molecular weight excluding hydrogens is 252 g/mol. The van der Waals surface area contributed by atoms with Crippen LogP contribution in [0.3, 0.4) is 0 Å². The third kappa shape index (κ3) is 3.94. The smallest absolute Gasteiger partial charge is 0.193 e. The van der Waals surface area contributed by atoms with Crippen molar-refractivity contribution in [1.29, 1.82) is 0 Å². The van der Waals surface area contributed by atoms with Crippen molar-refractivity contribution in [2.45, 2.75) is 51.1 Å². The summed E-state index contributed by atoms with van der Waals surface area (Å²) in [6.07, 6.45) is 4.00. The van der Waals surface area contributed by atoms with E-state index < -0.39 is 20.5 Å². The Kier molecular flexibility index (Phi) is 4.97. The molecular formula is C16H24O2Si. The van der Waals surface area contributed by atoms with E-state index in [1.807, 2.05) is 30.3 Å². The van der Waals surface area contributed by atoms with Crippen LogP contribution in [0, 0.1) is 12.3 Å². The van der Waals surface area contributed by atoms with Crippen LogP contribution in [0.1, 0.15) is 32.4 Å². The van der Waals surface area contributed by atoms with Gasteiger partial charge in [0.2, 0.25) is 0 Å². The summed E-state index contributed by atoms with van der Waals surface area (Å²) in [5.41, 5.74) is 0.928. The molecule has 0 aromatic heterocycles. The Balaban J connectivity index is 3.05. The fourth-order valence-electron chi connectivity index (χ4n) is 1.54. The van der Waals surface area contributed by atoms with Gasteiger partial charge in [0.15, 0.2) is 8.32 Å². The molecule has 0 aliphatic rings. The molecule has 1 aromatic rings. The van der Waals surface area contributed by atoms with Crippen LogP contribution >= 0.6 is 0 Å². The first-order valence-electron chi connectivity index (χ1n) is 6.56. The molecule has 104 valence electrons. The van der Waals surface area contributed by atoms with Gasteiger partial charge in [0.05, 0.1) is 0 Å². The van der Waals surface area contributed by atoms with E-state index in [-0.39, 0.29) is 5.04 Å². The van der Waals surface area contributed by atoms with Gasteiger partial charge in [-0.2, -0.15) is 0 Å². The zero-order valence-corrected chi connectivity index (χ0v) is 13.5. The molecule has 0 aliphatic carbocycles. The molecule has 19 heavy (non-hydrogen) atoms. The second-order valence-electron chi connectivity index (χ2n) is 6.32. The molecule has 0 aliphatic heterocycles. The fraction of sp³-hybridized carbons (Fsp3) is 0.500. The molecule has 2 atom stereocenters. The highest BCUT2D eigenvalue weighted by Crippen LogP contribution is 2.40. The quantitative estimate of drug-likeness (QED) is 0.670. The van der Waals surface area contributed by atoms with Crippen LogP contribution in [0.4, 0.5) is 0 Å². The first-order chi connectivity index (χ1) is 8.69. The van der Waals surface area contributed by atoms with Gasteiger partial charge in [0.25, 0.3) is 0 Å². The minimum absolute atomic E-state index is 0.0777. The SMILES string of the molecule is C#C[C@@H](O)[C@H](O[Si](C)(C)C(C)(C)C)c1ccccc1. The number of benzene rings is 1. The molecule has 0 saturated heterocycles. The first kappa shape index (κ1) is 16.0. The Hall–Kier alpha value is -1.08. The van der Waals surface area contributed by atoms with E-state index in [0.29, 0.717) is 0 Å². The maximum Gasteiger partial charge on any atom is 0.193 e. The number of hydrogen-bond acceptors (Lipinski definition) is 2. The predicted molar refractivity (Wildman–Crippen MR) is 82.3 cm³/mol. The number of terminal acetylenes is 1. The van der Waals surface area contributed by atoms with Crippen LogP contribution in [0.25, 0.3) is 0 Å². The van der Waals surface area contributed by atoms with Crippen molar-refractivity contribution in [3.63, 3.8) is 0 Å². The van der Waals surface area contributed by atoms with Gasteiger partial charge in [0.1, 0.15) is 12.2 Å². The summed E-state index contributed by atoms with van der Waals surface area (Å²) in [6, 6.07) is 9.69. The molecule has 0 bridgehead atoms. The number of rotatable bonds is 4. The lowest BCUT2D eigenvalue weighted by atomic mass is 10.1. The maximum absolute atomic E-state index is 10.1. The van der Waals surface area contributed by atoms with Gasteiger partial charge in [-0.05, 0) is 23.7 Å². The van der Waals surface area contributed by atoms with Crippen molar-refractivity contribution < 1.29 is 9.53 Å². The average Bonchev–Trinajstić information content (AvgIpc) is 2.35. The standard InChI is InChI=1S/C16H24O2Si/c1-7-14(17)15(13-11-9-8-10-12-13)18-19(5,6)16(2,3)4/h1,8-12,14-15,17H,2-6H3/t14-,15-/m1/s1. The van der Waals surface area contributed by atoms with E-state index in [1.54, 1.807) is 0 Å². The van der Waals surface area contributed by atoms with Crippen LogP contribution in [-0.4, -0.2) is 19.5 Å². The van der Waals surface area contributed by atoms with Gasteiger partial charge in [-0.25, -0.2) is 0 Å². The average molecular weight is 276 g/mol. The Morgan fingerprint density at radius 2 is 1.74 bits per heavy atom. The van der Waals surface area contributed by atoms with Crippen molar-refractivity contribution in [1.82, 2.24) is 0 Å². The highest BCUT2D eigenvalue weighted by Gasteiger charge is 2.40. The molecule has 3 heteroatoms. The van der Waals surface area contributed by atoms with Gasteiger partial charge in [-0.15, -0.1) is 6.42 Å². The lowest BCUT2D eigenvalue weighted by Crippen LogP contribution is -2.43.